The van der Waals surface area contributed by atoms with E-state index in [-0.39, 0.29) is 37.0 Å². The van der Waals surface area contributed by atoms with Gasteiger partial charge in [-0.05, 0) is 42.3 Å². The molecule has 1 aliphatic rings. The number of hydrogen-bond donors (Lipinski definition) is 2. The number of ether oxygens (including phenoxy) is 1. The van der Waals surface area contributed by atoms with Gasteiger partial charge in [-0.2, -0.15) is 5.10 Å². The number of nitrogens with zero attached hydrogens (tertiary/aromatic N) is 3. The second-order valence-electron chi connectivity index (χ2n) is 8.24. The highest BCUT2D eigenvalue weighted by Crippen LogP contribution is 2.34. The number of anilines is 1. The minimum absolute atomic E-state index is 0. The van der Waals surface area contributed by atoms with E-state index < -0.39 is 0 Å². The predicted octanol–water partition coefficient (Wildman–Crippen LogP) is 5.83. The summed E-state index contributed by atoms with van der Waals surface area (Å²) in [5.74, 6) is 0.633. The van der Waals surface area contributed by atoms with E-state index in [9.17, 15) is 0 Å². The molecule has 0 unspecified atom stereocenters. The average molecular weight is 577 g/mol. The highest BCUT2D eigenvalue weighted by molar-refractivity contribution is 9.10. The summed E-state index contributed by atoms with van der Waals surface area (Å²) in [6.07, 6.45) is 6.52. The van der Waals surface area contributed by atoms with Crippen molar-refractivity contribution in [2.45, 2.75) is 18.6 Å². The minimum atomic E-state index is -0.0841. The maximum atomic E-state index is 6.40. The molecule has 0 fully saturated rings. The van der Waals surface area contributed by atoms with Gasteiger partial charge in [-0.1, -0.05) is 58.4 Å². The van der Waals surface area contributed by atoms with Crippen molar-refractivity contribution in [3.63, 3.8) is 0 Å². The Labute approximate surface area is 226 Å². The Hall–Kier alpha value is -2.58. The van der Waals surface area contributed by atoms with Crippen molar-refractivity contribution in [3.05, 3.63) is 94.9 Å². The molecule has 9 heteroatoms. The van der Waals surface area contributed by atoms with Crippen molar-refractivity contribution in [3.8, 4) is 17.0 Å². The molecule has 35 heavy (non-hydrogen) atoms. The standard InChI is InChI=1S/C26H26BrN5O.2ClH/c1-32-17-21(15-31-32)20-13-23-26(30-14-20)33-24(16-29-23)25(19-7-3-2-4-8-19)28-11-10-18-6-5-9-22(27)12-18;;/h2-9,12-15,17,24-25,28-29H,10-11,16H2,1H3;2*1H/t24-,25+;;/m0../s1. The van der Waals surface area contributed by atoms with E-state index in [1.54, 1.807) is 4.68 Å². The highest BCUT2D eigenvalue weighted by Gasteiger charge is 2.29. The lowest BCUT2D eigenvalue weighted by Gasteiger charge is -2.33. The fourth-order valence-electron chi connectivity index (χ4n) is 4.17. The number of rotatable bonds is 7. The van der Waals surface area contributed by atoms with Crippen LogP contribution in [0.15, 0.2) is 83.7 Å². The van der Waals surface area contributed by atoms with Gasteiger partial charge in [-0.3, -0.25) is 4.68 Å². The van der Waals surface area contributed by atoms with E-state index in [0.29, 0.717) is 12.4 Å². The van der Waals surface area contributed by atoms with Crippen LogP contribution in [0.1, 0.15) is 17.2 Å². The molecule has 184 valence electrons. The van der Waals surface area contributed by atoms with Crippen LogP contribution >= 0.6 is 40.7 Å². The molecule has 3 heterocycles. The SMILES string of the molecule is Cl.Cl.Cn1cc(-c2cnc3c(c2)NC[C@@H]([C@H](NCCc2cccc(Br)c2)c2ccccc2)O3)cn1. The van der Waals surface area contributed by atoms with Gasteiger partial charge >= 0.3 is 0 Å². The lowest BCUT2D eigenvalue weighted by atomic mass is 9.99. The van der Waals surface area contributed by atoms with Crippen LogP contribution in [0.5, 0.6) is 5.88 Å². The molecule has 2 atom stereocenters. The number of fused-ring (bicyclic) bond motifs is 1. The lowest BCUT2D eigenvalue weighted by Crippen LogP contribution is -2.43. The monoisotopic (exact) mass is 575 g/mol. The molecule has 0 radical (unpaired) electrons. The van der Waals surface area contributed by atoms with Crippen molar-refractivity contribution in [1.29, 1.82) is 0 Å². The maximum Gasteiger partial charge on any atom is 0.237 e. The third-order valence-corrected chi connectivity index (χ3v) is 6.34. The van der Waals surface area contributed by atoms with Crippen LogP contribution in [0, 0.1) is 0 Å². The van der Waals surface area contributed by atoms with Gasteiger partial charge in [0.2, 0.25) is 5.88 Å². The van der Waals surface area contributed by atoms with E-state index in [1.807, 2.05) is 31.7 Å². The van der Waals surface area contributed by atoms with Gasteiger partial charge in [-0.25, -0.2) is 4.98 Å². The van der Waals surface area contributed by atoms with E-state index in [0.717, 1.165) is 34.3 Å². The quantitative estimate of drug-likeness (QED) is 0.289. The second kappa shape index (κ2) is 12.4. The molecule has 0 spiro atoms. The Morgan fingerprint density at radius 3 is 2.66 bits per heavy atom. The fraction of sp³-hybridized carbons (Fsp3) is 0.231. The van der Waals surface area contributed by atoms with Crippen molar-refractivity contribution in [2.24, 2.45) is 7.05 Å². The first-order valence-electron chi connectivity index (χ1n) is 11.1. The molecule has 6 nitrogen and oxygen atoms in total. The molecule has 2 aromatic carbocycles. The number of nitrogens with one attached hydrogen (secondary N) is 2. The van der Waals surface area contributed by atoms with Crippen LogP contribution in [0.4, 0.5) is 5.69 Å². The normalized spacial score (nSPS) is 15.0. The van der Waals surface area contributed by atoms with Gasteiger partial charge in [-0.15, -0.1) is 24.8 Å². The van der Waals surface area contributed by atoms with Crippen LogP contribution in [-0.2, 0) is 13.5 Å². The Balaban J connectivity index is 0.00000171. The third kappa shape index (κ3) is 6.55. The number of benzene rings is 2. The van der Waals surface area contributed by atoms with E-state index in [1.165, 1.54) is 11.1 Å². The largest absolute Gasteiger partial charge is 0.469 e. The molecule has 0 saturated carbocycles. The topological polar surface area (TPSA) is 64.0 Å². The fourth-order valence-corrected chi connectivity index (χ4v) is 4.62. The zero-order valence-electron chi connectivity index (χ0n) is 19.2. The summed E-state index contributed by atoms with van der Waals surface area (Å²) in [5.41, 5.74) is 5.46. The molecule has 2 aromatic heterocycles. The predicted molar refractivity (Wildman–Crippen MR) is 149 cm³/mol. The lowest BCUT2D eigenvalue weighted by molar-refractivity contribution is 0.150. The number of halogens is 3. The Kier molecular flexibility index (Phi) is 9.57. The summed E-state index contributed by atoms with van der Waals surface area (Å²) in [4.78, 5) is 4.61. The molecule has 4 aromatic rings. The molecular weight excluding hydrogens is 549 g/mol. The zero-order chi connectivity index (χ0) is 22.6. The molecule has 0 amide bonds. The first-order valence-corrected chi connectivity index (χ1v) is 11.9. The first kappa shape index (κ1) is 27.0. The summed E-state index contributed by atoms with van der Waals surface area (Å²) in [6, 6.07) is 21.0. The Bertz CT molecular complexity index is 1240. The van der Waals surface area contributed by atoms with Crippen molar-refractivity contribution in [2.75, 3.05) is 18.4 Å². The van der Waals surface area contributed by atoms with E-state index in [4.69, 9.17) is 4.74 Å². The molecule has 0 bridgehead atoms. The Morgan fingerprint density at radius 1 is 1.09 bits per heavy atom. The second-order valence-corrected chi connectivity index (χ2v) is 9.15. The first-order chi connectivity index (χ1) is 16.2. The van der Waals surface area contributed by atoms with Gasteiger partial charge in [0.05, 0.1) is 24.5 Å². The maximum absolute atomic E-state index is 6.40. The van der Waals surface area contributed by atoms with Crippen molar-refractivity contribution >= 4 is 46.4 Å². The number of aryl methyl sites for hydroxylation is 1. The van der Waals surface area contributed by atoms with Crippen LogP contribution < -0.4 is 15.4 Å². The summed E-state index contributed by atoms with van der Waals surface area (Å²) < 4.78 is 9.30. The number of aromatic nitrogens is 3. The van der Waals surface area contributed by atoms with Crippen LogP contribution in [0.3, 0.4) is 0 Å². The van der Waals surface area contributed by atoms with Gasteiger partial charge in [0.15, 0.2) is 0 Å². The average Bonchev–Trinajstić information content (AvgIpc) is 3.28. The van der Waals surface area contributed by atoms with Crippen molar-refractivity contribution in [1.82, 2.24) is 20.1 Å². The Morgan fingerprint density at radius 2 is 1.91 bits per heavy atom. The van der Waals surface area contributed by atoms with Gasteiger partial charge < -0.3 is 15.4 Å². The molecule has 1 aliphatic heterocycles. The summed E-state index contributed by atoms with van der Waals surface area (Å²) in [7, 11) is 1.91. The smallest absolute Gasteiger partial charge is 0.237 e. The zero-order valence-corrected chi connectivity index (χ0v) is 22.4. The van der Waals surface area contributed by atoms with Crippen LogP contribution in [-0.4, -0.2) is 34.0 Å². The van der Waals surface area contributed by atoms with E-state index >= 15 is 0 Å². The number of pyridine rings is 1. The number of hydrogen-bond acceptors (Lipinski definition) is 5. The van der Waals surface area contributed by atoms with Gasteiger partial charge in [0, 0.05) is 35.0 Å². The van der Waals surface area contributed by atoms with Crippen LogP contribution in [0.2, 0.25) is 0 Å². The molecule has 0 aliphatic carbocycles. The third-order valence-electron chi connectivity index (χ3n) is 5.84. The molecule has 2 N–H and O–H groups in total. The summed E-state index contributed by atoms with van der Waals surface area (Å²) in [5, 5.41) is 11.5. The van der Waals surface area contributed by atoms with Gasteiger partial charge in [0.1, 0.15) is 6.10 Å². The molecular formula is C26H28BrCl2N5O. The minimum Gasteiger partial charge on any atom is -0.469 e. The van der Waals surface area contributed by atoms with Crippen molar-refractivity contribution < 1.29 is 4.74 Å². The molecule has 0 saturated heterocycles. The summed E-state index contributed by atoms with van der Waals surface area (Å²) in [6.45, 7) is 1.53. The highest BCUT2D eigenvalue weighted by atomic mass is 79.9. The van der Waals surface area contributed by atoms with Crippen LogP contribution in [0.25, 0.3) is 11.1 Å². The van der Waals surface area contributed by atoms with Gasteiger partial charge in [0.25, 0.3) is 0 Å². The van der Waals surface area contributed by atoms with E-state index in [2.05, 4.69) is 91.2 Å². The summed E-state index contributed by atoms with van der Waals surface area (Å²) >= 11 is 3.56. The molecule has 5 rings (SSSR count).